The number of fused-ring (bicyclic) bond motifs is 2. The van der Waals surface area contributed by atoms with Gasteiger partial charge < -0.3 is 24.4 Å². The molecule has 0 bridgehead atoms. The lowest BCUT2D eigenvalue weighted by Gasteiger charge is -2.63. The van der Waals surface area contributed by atoms with Crippen LogP contribution in [0.2, 0.25) is 0 Å². The molecule has 2 aliphatic carbocycles. The number of ether oxygens (including phenoxy) is 3. The van der Waals surface area contributed by atoms with Crippen molar-refractivity contribution >= 4 is 29.9 Å². The van der Waals surface area contributed by atoms with Gasteiger partial charge in [0.05, 0.1) is 20.3 Å². The van der Waals surface area contributed by atoms with Crippen molar-refractivity contribution in [2.75, 3.05) is 34.9 Å². The maximum Gasteiger partial charge on any atom is 0.193 e. The van der Waals surface area contributed by atoms with E-state index in [1.54, 1.807) is 14.2 Å². The van der Waals surface area contributed by atoms with E-state index < -0.39 is 0 Å². The highest BCUT2D eigenvalue weighted by Gasteiger charge is 2.66. The fourth-order valence-electron chi connectivity index (χ4n) is 5.25. The van der Waals surface area contributed by atoms with Gasteiger partial charge in [0.25, 0.3) is 0 Å². The molecule has 6 nitrogen and oxygen atoms in total. The smallest absolute Gasteiger partial charge is 0.193 e. The van der Waals surface area contributed by atoms with E-state index in [9.17, 15) is 0 Å². The lowest BCUT2D eigenvalue weighted by molar-refractivity contribution is -0.171. The Morgan fingerprint density at radius 1 is 1.32 bits per heavy atom. The van der Waals surface area contributed by atoms with Gasteiger partial charge in [-0.2, -0.15) is 0 Å². The van der Waals surface area contributed by atoms with Crippen LogP contribution in [-0.4, -0.2) is 57.9 Å². The fraction of sp³-hybridized carbons (Fsp3) is 0.667. The van der Waals surface area contributed by atoms with Gasteiger partial charge in [0.2, 0.25) is 0 Å². The molecule has 0 radical (unpaired) electrons. The number of hydrogen-bond donors (Lipinski definition) is 1. The van der Waals surface area contributed by atoms with Gasteiger partial charge in [-0.25, -0.2) is 0 Å². The number of rotatable bonds is 5. The standard InChI is InChI=1S/C21H31N3O3.HI/c1-22-20(23-18-16-8-11-27-19(16)21(18)9-5-10-21)24(2)13-14-6-7-15(25-3)12-17(14)26-4;/h6-7,12,16,18-19H,5,8-11,13H2,1-4H3,(H,22,23);1H. The van der Waals surface area contributed by atoms with Crippen LogP contribution in [0.1, 0.15) is 31.2 Å². The summed E-state index contributed by atoms with van der Waals surface area (Å²) < 4.78 is 16.9. The Labute approximate surface area is 185 Å². The van der Waals surface area contributed by atoms with Crippen molar-refractivity contribution < 1.29 is 14.2 Å². The quantitative estimate of drug-likeness (QED) is 0.382. The molecule has 7 heteroatoms. The Hall–Kier alpha value is -1.22. The van der Waals surface area contributed by atoms with Crippen molar-refractivity contribution in [3.8, 4) is 11.5 Å². The van der Waals surface area contributed by atoms with Crippen LogP contribution in [-0.2, 0) is 11.3 Å². The molecule has 0 amide bonds. The monoisotopic (exact) mass is 501 g/mol. The molecule has 28 heavy (non-hydrogen) atoms. The summed E-state index contributed by atoms with van der Waals surface area (Å²) in [6.45, 7) is 1.63. The van der Waals surface area contributed by atoms with Gasteiger partial charge in [-0.05, 0) is 31.4 Å². The number of guanidine groups is 1. The number of nitrogens with zero attached hydrogens (tertiary/aromatic N) is 2. The molecule has 3 unspecified atom stereocenters. The highest BCUT2D eigenvalue weighted by Crippen LogP contribution is 2.62. The van der Waals surface area contributed by atoms with Crippen LogP contribution >= 0.6 is 24.0 Å². The van der Waals surface area contributed by atoms with Crippen LogP contribution in [0.5, 0.6) is 11.5 Å². The van der Waals surface area contributed by atoms with Gasteiger partial charge in [-0.15, -0.1) is 24.0 Å². The van der Waals surface area contributed by atoms with Crippen LogP contribution in [0.15, 0.2) is 23.2 Å². The van der Waals surface area contributed by atoms with Crippen molar-refractivity contribution in [2.24, 2.45) is 16.3 Å². The number of aliphatic imine (C=N–C) groups is 1. The molecule has 4 rings (SSSR count). The van der Waals surface area contributed by atoms with Gasteiger partial charge in [-0.1, -0.05) is 6.42 Å². The molecule has 1 saturated heterocycles. The van der Waals surface area contributed by atoms with Crippen LogP contribution in [0, 0.1) is 11.3 Å². The highest BCUT2D eigenvalue weighted by atomic mass is 127. The average Bonchev–Trinajstić information content (AvgIpc) is 3.06. The molecule has 3 aliphatic rings. The first-order valence-electron chi connectivity index (χ1n) is 9.90. The molecule has 2 saturated carbocycles. The Kier molecular flexibility index (Phi) is 6.64. The minimum Gasteiger partial charge on any atom is -0.497 e. The molecule has 0 aromatic heterocycles. The zero-order chi connectivity index (χ0) is 19.0. The third-order valence-electron chi connectivity index (χ3n) is 6.80. The summed E-state index contributed by atoms with van der Waals surface area (Å²) in [5.74, 6) is 3.20. The van der Waals surface area contributed by atoms with Crippen molar-refractivity contribution in [3.63, 3.8) is 0 Å². The summed E-state index contributed by atoms with van der Waals surface area (Å²) in [6, 6.07) is 6.43. The average molecular weight is 501 g/mol. The molecule has 1 aromatic carbocycles. The lowest BCUT2D eigenvalue weighted by atomic mass is 9.46. The molecular weight excluding hydrogens is 469 g/mol. The van der Waals surface area contributed by atoms with Gasteiger partial charge in [0.1, 0.15) is 11.5 Å². The molecule has 1 heterocycles. The summed E-state index contributed by atoms with van der Waals surface area (Å²) in [5, 5.41) is 3.78. The van der Waals surface area contributed by atoms with Crippen molar-refractivity contribution in [2.45, 2.75) is 44.4 Å². The SMILES string of the molecule is CN=C(NC1C2CCOC2C12CCC2)N(C)Cc1ccc(OC)cc1OC.I. The predicted octanol–water partition coefficient (Wildman–Crippen LogP) is 3.29. The summed E-state index contributed by atoms with van der Waals surface area (Å²) in [4.78, 5) is 6.72. The summed E-state index contributed by atoms with van der Waals surface area (Å²) in [5.41, 5.74) is 1.45. The third-order valence-corrected chi connectivity index (χ3v) is 6.80. The third kappa shape index (κ3) is 3.44. The number of hydrogen-bond acceptors (Lipinski definition) is 4. The van der Waals surface area contributed by atoms with Crippen LogP contribution in [0.3, 0.4) is 0 Å². The summed E-state index contributed by atoms with van der Waals surface area (Å²) >= 11 is 0. The van der Waals surface area contributed by atoms with Crippen LogP contribution < -0.4 is 14.8 Å². The fourth-order valence-corrected chi connectivity index (χ4v) is 5.25. The van der Waals surface area contributed by atoms with E-state index in [1.807, 2.05) is 19.2 Å². The maximum atomic E-state index is 6.04. The van der Waals surface area contributed by atoms with E-state index in [0.717, 1.165) is 42.6 Å². The molecule has 1 spiro atoms. The first-order valence-corrected chi connectivity index (χ1v) is 9.90. The Balaban J connectivity index is 0.00000225. The number of nitrogens with one attached hydrogen (secondary N) is 1. The molecule has 1 N–H and O–H groups in total. The second-order valence-corrected chi connectivity index (χ2v) is 8.03. The van der Waals surface area contributed by atoms with E-state index in [1.165, 1.54) is 19.3 Å². The lowest BCUT2D eigenvalue weighted by Crippen LogP contribution is -2.72. The molecule has 1 aliphatic heterocycles. The van der Waals surface area contributed by atoms with Crippen LogP contribution in [0.25, 0.3) is 0 Å². The van der Waals surface area contributed by atoms with Gasteiger partial charge in [0.15, 0.2) is 5.96 Å². The molecule has 3 fully saturated rings. The predicted molar refractivity (Wildman–Crippen MR) is 121 cm³/mol. The van der Waals surface area contributed by atoms with Crippen molar-refractivity contribution in [3.05, 3.63) is 23.8 Å². The zero-order valence-electron chi connectivity index (χ0n) is 17.2. The van der Waals surface area contributed by atoms with Gasteiger partial charge >= 0.3 is 0 Å². The minimum atomic E-state index is 0. The molecular formula is C21H32IN3O3. The highest BCUT2D eigenvalue weighted by molar-refractivity contribution is 14.0. The minimum absolute atomic E-state index is 0. The topological polar surface area (TPSA) is 55.3 Å². The van der Waals surface area contributed by atoms with Crippen molar-refractivity contribution in [1.82, 2.24) is 10.2 Å². The molecule has 1 aromatic rings. The second kappa shape index (κ2) is 8.65. The van der Waals surface area contributed by atoms with Gasteiger partial charge in [0, 0.05) is 56.3 Å². The zero-order valence-corrected chi connectivity index (χ0v) is 19.6. The van der Waals surface area contributed by atoms with E-state index >= 15 is 0 Å². The number of methoxy groups -OCH3 is 2. The van der Waals surface area contributed by atoms with E-state index in [4.69, 9.17) is 14.2 Å². The Bertz CT molecular complexity index is 723. The normalized spacial score (nSPS) is 27.1. The van der Waals surface area contributed by atoms with Crippen LogP contribution in [0.4, 0.5) is 0 Å². The Morgan fingerprint density at radius 3 is 2.71 bits per heavy atom. The number of benzene rings is 1. The van der Waals surface area contributed by atoms with E-state index in [-0.39, 0.29) is 24.0 Å². The first-order chi connectivity index (χ1) is 13.1. The summed E-state index contributed by atoms with van der Waals surface area (Å²) in [7, 11) is 7.30. The molecule has 3 atom stereocenters. The largest absolute Gasteiger partial charge is 0.497 e. The number of halogens is 1. The first kappa shape index (κ1) is 21.5. The van der Waals surface area contributed by atoms with E-state index in [0.29, 0.717) is 23.5 Å². The van der Waals surface area contributed by atoms with E-state index in [2.05, 4.69) is 28.3 Å². The van der Waals surface area contributed by atoms with Gasteiger partial charge in [-0.3, -0.25) is 4.99 Å². The summed E-state index contributed by atoms with van der Waals surface area (Å²) in [6.07, 6.45) is 5.51. The van der Waals surface area contributed by atoms with Crippen molar-refractivity contribution in [1.29, 1.82) is 0 Å². The Morgan fingerprint density at radius 2 is 2.11 bits per heavy atom. The molecule has 156 valence electrons. The maximum absolute atomic E-state index is 6.04. The second-order valence-electron chi connectivity index (χ2n) is 8.03.